The van der Waals surface area contributed by atoms with Crippen LogP contribution in [0.3, 0.4) is 0 Å². The van der Waals surface area contributed by atoms with Crippen molar-refractivity contribution in [1.29, 1.82) is 0 Å². The second-order valence-corrected chi connectivity index (χ2v) is 5.32. The average Bonchev–Trinajstić information content (AvgIpc) is 2.36. The molecule has 0 amide bonds. The minimum atomic E-state index is -0.835. The van der Waals surface area contributed by atoms with Gasteiger partial charge in [-0.1, -0.05) is 12.1 Å². The van der Waals surface area contributed by atoms with Crippen LogP contribution >= 0.6 is 11.8 Å². The van der Waals surface area contributed by atoms with Gasteiger partial charge in [-0.3, -0.25) is 0 Å². The highest BCUT2D eigenvalue weighted by atomic mass is 32.2. The molecule has 0 saturated carbocycles. The molecular formula is C13H20F2N2S. The maximum Gasteiger partial charge on any atom is 0.163 e. The van der Waals surface area contributed by atoms with Crippen molar-refractivity contribution in [2.45, 2.75) is 12.5 Å². The maximum absolute atomic E-state index is 13.5. The van der Waals surface area contributed by atoms with E-state index in [0.29, 0.717) is 6.42 Å². The van der Waals surface area contributed by atoms with E-state index >= 15 is 0 Å². The zero-order valence-corrected chi connectivity index (χ0v) is 11.6. The van der Waals surface area contributed by atoms with Crippen molar-refractivity contribution in [3.8, 4) is 0 Å². The van der Waals surface area contributed by atoms with Gasteiger partial charge in [0.25, 0.3) is 0 Å². The van der Waals surface area contributed by atoms with Gasteiger partial charge in [-0.25, -0.2) is 8.78 Å². The molecule has 0 aromatic heterocycles. The van der Waals surface area contributed by atoms with E-state index < -0.39 is 17.7 Å². The van der Waals surface area contributed by atoms with E-state index in [1.165, 1.54) is 6.07 Å². The lowest BCUT2D eigenvalue weighted by molar-refractivity contribution is 0.335. The Kier molecular flexibility index (Phi) is 6.60. The molecule has 0 saturated heterocycles. The van der Waals surface area contributed by atoms with Crippen molar-refractivity contribution < 1.29 is 8.78 Å². The highest BCUT2D eigenvalue weighted by Crippen LogP contribution is 2.20. The van der Waals surface area contributed by atoms with Gasteiger partial charge in [0.05, 0.1) is 0 Å². The summed E-state index contributed by atoms with van der Waals surface area (Å²) in [5.41, 5.74) is 6.16. The molecule has 0 aliphatic heterocycles. The number of rotatable bonds is 7. The van der Waals surface area contributed by atoms with Crippen LogP contribution < -0.4 is 5.73 Å². The van der Waals surface area contributed by atoms with Crippen LogP contribution in [0.1, 0.15) is 18.0 Å². The van der Waals surface area contributed by atoms with E-state index in [2.05, 4.69) is 11.2 Å². The fourth-order valence-electron chi connectivity index (χ4n) is 1.68. The maximum atomic E-state index is 13.5. The predicted molar refractivity (Wildman–Crippen MR) is 73.8 cm³/mol. The van der Waals surface area contributed by atoms with Crippen molar-refractivity contribution >= 4 is 11.8 Å². The molecule has 1 rings (SSSR count). The minimum absolute atomic E-state index is 0.258. The Morgan fingerprint density at radius 2 is 2.06 bits per heavy atom. The smallest absolute Gasteiger partial charge is 0.163 e. The monoisotopic (exact) mass is 274 g/mol. The molecule has 18 heavy (non-hydrogen) atoms. The molecule has 0 bridgehead atoms. The van der Waals surface area contributed by atoms with E-state index in [1.807, 2.05) is 7.05 Å². The highest BCUT2D eigenvalue weighted by molar-refractivity contribution is 7.98. The van der Waals surface area contributed by atoms with Crippen molar-refractivity contribution in [3.63, 3.8) is 0 Å². The van der Waals surface area contributed by atoms with Crippen LogP contribution in [0.2, 0.25) is 0 Å². The number of hydrogen-bond acceptors (Lipinski definition) is 3. The van der Waals surface area contributed by atoms with E-state index in [-0.39, 0.29) is 5.56 Å². The van der Waals surface area contributed by atoms with Crippen molar-refractivity contribution in [1.82, 2.24) is 4.90 Å². The van der Waals surface area contributed by atoms with Gasteiger partial charge in [0.2, 0.25) is 0 Å². The molecule has 1 unspecified atom stereocenters. The second-order valence-electron chi connectivity index (χ2n) is 4.33. The van der Waals surface area contributed by atoms with Crippen molar-refractivity contribution in [2.24, 2.45) is 5.73 Å². The van der Waals surface area contributed by atoms with Gasteiger partial charge in [0, 0.05) is 23.9 Å². The Labute approximate surface area is 112 Å². The van der Waals surface area contributed by atoms with Crippen LogP contribution in [0.25, 0.3) is 0 Å². The molecule has 102 valence electrons. The fraction of sp³-hybridized carbons (Fsp3) is 0.538. The minimum Gasteiger partial charge on any atom is -0.324 e. The number of hydrogen-bond donors (Lipinski definition) is 1. The molecule has 0 fully saturated rings. The zero-order chi connectivity index (χ0) is 13.5. The van der Waals surface area contributed by atoms with E-state index in [4.69, 9.17) is 5.73 Å². The van der Waals surface area contributed by atoms with Crippen LogP contribution in [0.15, 0.2) is 18.2 Å². The molecule has 0 heterocycles. The summed E-state index contributed by atoms with van der Waals surface area (Å²) < 4.78 is 26.6. The predicted octanol–water partition coefficient (Wildman–Crippen LogP) is 2.65. The fourth-order valence-corrected chi connectivity index (χ4v) is 2.17. The molecule has 1 aromatic rings. The number of halogens is 2. The Hall–Kier alpha value is -0.650. The molecule has 1 atom stereocenters. The summed E-state index contributed by atoms with van der Waals surface area (Å²) in [5, 5.41) is 0. The first kappa shape index (κ1) is 15.4. The molecular weight excluding hydrogens is 254 g/mol. The Balaban J connectivity index is 2.50. The zero-order valence-electron chi connectivity index (χ0n) is 10.8. The van der Waals surface area contributed by atoms with Gasteiger partial charge in [0.1, 0.15) is 0 Å². The van der Waals surface area contributed by atoms with Gasteiger partial charge < -0.3 is 10.6 Å². The number of benzene rings is 1. The summed E-state index contributed by atoms with van der Waals surface area (Å²) in [7, 11) is 2.00. The Morgan fingerprint density at radius 1 is 1.33 bits per heavy atom. The summed E-state index contributed by atoms with van der Waals surface area (Å²) in [5.74, 6) is -0.601. The van der Waals surface area contributed by atoms with Crippen LogP contribution in [0.4, 0.5) is 8.78 Å². The highest BCUT2D eigenvalue weighted by Gasteiger charge is 2.14. The molecule has 0 spiro atoms. The molecule has 0 aliphatic carbocycles. The summed E-state index contributed by atoms with van der Waals surface area (Å²) in [6, 6.07) is 3.68. The first-order valence-corrected chi connectivity index (χ1v) is 7.32. The van der Waals surface area contributed by atoms with E-state index in [1.54, 1.807) is 17.8 Å². The van der Waals surface area contributed by atoms with Crippen LogP contribution in [0.5, 0.6) is 0 Å². The molecule has 0 aliphatic rings. The lowest BCUT2D eigenvalue weighted by Gasteiger charge is -2.19. The topological polar surface area (TPSA) is 29.3 Å². The number of nitrogens with two attached hydrogens (primary N) is 1. The van der Waals surface area contributed by atoms with Gasteiger partial charge >= 0.3 is 0 Å². The van der Waals surface area contributed by atoms with Crippen LogP contribution in [-0.4, -0.2) is 37.0 Å². The number of nitrogens with zero attached hydrogens (tertiary/aromatic N) is 1. The van der Waals surface area contributed by atoms with Crippen molar-refractivity contribution in [2.75, 3.05) is 32.1 Å². The van der Waals surface area contributed by atoms with Gasteiger partial charge in [-0.05, 0) is 32.3 Å². The Bertz CT molecular complexity index is 374. The first-order valence-electron chi connectivity index (χ1n) is 5.93. The third-order valence-corrected chi connectivity index (χ3v) is 3.47. The summed E-state index contributed by atoms with van der Waals surface area (Å²) in [6.07, 6.45) is 2.67. The van der Waals surface area contributed by atoms with E-state index in [0.717, 1.165) is 24.9 Å². The molecule has 5 heteroatoms. The average molecular weight is 274 g/mol. The SMILES string of the molecule is CSCCN(C)CCC(N)c1cccc(F)c1F. The molecule has 0 radical (unpaired) electrons. The normalized spacial score (nSPS) is 13.0. The molecule has 1 aromatic carbocycles. The van der Waals surface area contributed by atoms with Gasteiger partial charge in [0.15, 0.2) is 11.6 Å². The lowest BCUT2D eigenvalue weighted by Crippen LogP contribution is -2.26. The van der Waals surface area contributed by atoms with Gasteiger partial charge in [-0.2, -0.15) is 11.8 Å². The quantitative estimate of drug-likeness (QED) is 0.829. The molecule has 2 N–H and O–H groups in total. The summed E-state index contributed by atoms with van der Waals surface area (Å²) in [6.45, 7) is 1.75. The second kappa shape index (κ2) is 7.71. The third-order valence-electron chi connectivity index (χ3n) is 2.88. The summed E-state index contributed by atoms with van der Waals surface area (Å²) in [4.78, 5) is 2.15. The van der Waals surface area contributed by atoms with Gasteiger partial charge in [-0.15, -0.1) is 0 Å². The number of thioether (sulfide) groups is 1. The first-order chi connectivity index (χ1) is 8.56. The summed E-state index contributed by atoms with van der Waals surface area (Å²) >= 11 is 1.78. The van der Waals surface area contributed by atoms with E-state index in [9.17, 15) is 8.78 Å². The Morgan fingerprint density at radius 3 is 2.72 bits per heavy atom. The molecule has 2 nitrogen and oxygen atoms in total. The van der Waals surface area contributed by atoms with Crippen LogP contribution in [0, 0.1) is 11.6 Å². The third kappa shape index (κ3) is 4.55. The van der Waals surface area contributed by atoms with Crippen LogP contribution in [-0.2, 0) is 0 Å². The largest absolute Gasteiger partial charge is 0.324 e. The lowest BCUT2D eigenvalue weighted by atomic mass is 10.0. The standard InChI is InChI=1S/C13H20F2N2S/c1-17(8-9-18-2)7-6-12(16)10-4-3-5-11(14)13(10)15/h3-5,12H,6-9,16H2,1-2H3. The van der Waals surface area contributed by atoms with Crippen molar-refractivity contribution in [3.05, 3.63) is 35.4 Å².